The fourth-order valence-electron chi connectivity index (χ4n) is 4.66. The van der Waals surface area contributed by atoms with Crippen LogP contribution in [0.1, 0.15) is 31.7 Å². The number of carboxylic acids is 1. The van der Waals surface area contributed by atoms with Crippen LogP contribution in [-0.2, 0) is 11.2 Å². The normalized spacial score (nSPS) is 13.7. The number of aromatic amines is 2. The van der Waals surface area contributed by atoms with Crippen LogP contribution >= 0.6 is 0 Å². The summed E-state index contributed by atoms with van der Waals surface area (Å²) < 4.78 is 12.0. The molecule has 11 heteroatoms. The lowest BCUT2D eigenvalue weighted by atomic mass is 9.98. The molecule has 0 amide bonds. The van der Waals surface area contributed by atoms with Gasteiger partial charge in [0.2, 0.25) is 5.65 Å². The average Bonchev–Trinajstić information content (AvgIpc) is 3.60. The standard InChI is InChI=1S/C27H30N6O5/c1-2-37-22-16-18(6-7-21(22)25-28-26-24(27(36)29-25)30-32-31-26)19-13-17(5-8-23(34)35)14-20(15-19)38-12-11-33-9-3-4-10-33/h6-7,13-16H,2-5,8-12H2,1H3,(H,34,35)(H2,28,29,30,31,32,36). The fourth-order valence-corrected chi connectivity index (χ4v) is 4.66. The minimum absolute atomic E-state index is 0.0311. The third-order valence-electron chi connectivity index (χ3n) is 6.53. The van der Waals surface area contributed by atoms with Crippen molar-refractivity contribution in [1.29, 1.82) is 0 Å². The van der Waals surface area contributed by atoms with E-state index in [1.54, 1.807) is 0 Å². The van der Waals surface area contributed by atoms with E-state index in [9.17, 15) is 14.7 Å². The van der Waals surface area contributed by atoms with Crippen LogP contribution in [0.2, 0.25) is 0 Å². The molecule has 38 heavy (non-hydrogen) atoms. The Labute approximate surface area is 218 Å². The lowest BCUT2D eigenvalue weighted by molar-refractivity contribution is -0.136. The number of benzene rings is 2. The number of rotatable bonds is 11. The lowest BCUT2D eigenvalue weighted by Crippen LogP contribution is -2.25. The minimum atomic E-state index is -0.847. The van der Waals surface area contributed by atoms with Crippen molar-refractivity contribution in [2.24, 2.45) is 0 Å². The number of nitrogens with zero attached hydrogens (tertiary/aromatic N) is 4. The molecule has 0 unspecified atom stereocenters. The Bertz CT molecular complexity index is 1490. The molecule has 3 N–H and O–H groups in total. The van der Waals surface area contributed by atoms with Gasteiger partial charge in [-0.25, -0.2) is 4.98 Å². The molecule has 0 aliphatic carbocycles. The molecule has 3 heterocycles. The second-order valence-corrected chi connectivity index (χ2v) is 9.21. The number of carboxylic acid groups (broad SMARTS) is 1. The number of fused-ring (bicyclic) bond motifs is 1. The van der Waals surface area contributed by atoms with Crippen LogP contribution in [0, 0.1) is 0 Å². The number of likely N-dealkylation sites (tertiary alicyclic amines) is 1. The molecule has 0 atom stereocenters. The predicted octanol–water partition coefficient (Wildman–Crippen LogP) is 3.27. The molecule has 1 fully saturated rings. The molecule has 0 saturated carbocycles. The number of hydrogen-bond acceptors (Lipinski definition) is 8. The molecule has 0 radical (unpaired) electrons. The number of hydrogen-bond donors (Lipinski definition) is 3. The summed E-state index contributed by atoms with van der Waals surface area (Å²) >= 11 is 0. The molecule has 2 aromatic heterocycles. The van der Waals surface area contributed by atoms with Crippen molar-refractivity contribution in [3.8, 4) is 34.0 Å². The number of nitrogens with one attached hydrogen (secondary N) is 2. The molecule has 2 aromatic carbocycles. The van der Waals surface area contributed by atoms with E-state index < -0.39 is 11.5 Å². The van der Waals surface area contributed by atoms with Gasteiger partial charge < -0.3 is 19.6 Å². The number of aliphatic carboxylic acids is 1. The minimum Gasteiger partial charge on any atom is -0.493 e. The number of ether oxygens (including phenoxy) is 2. The van der Waals surface area contributed by atoms with Crippen LogP contribution < -0.4 is 15.0 Å². The average molecular weight is 519 g/mol. The topological polar surface area (TPSA) is 146 Å². The Morgan fingerprint density at radius 1 is 1.08 bits per heavy atom. The van der Waals surface area contributed by atoms with Gasteiger partial charge in [-0.2, -0.15) is 5.21 Å². The molecular formula is C27H30N6O5. The zero-order valence-corrected chi connectivity index (χ0v) is 21.2. The van der Waals surface area contributed by atoms with Crippen molar-refractivity contribution in [2.45, 2.75) is 32.6 Å². The van der Waals surface area contributed by atoms with Crippen LogP contribution in [0.4, 0.5) is 0 Å². The number of aryl methyl sites for hydroxylation is 1. The highest BCUT2D eigenvalue weighted by Crippen LogP contribution is 2.35. The van der Waals surface area contributed by atoms with Crippen molar-refractivity contribution >= 4 is 17.1 Å². The van der Waals surface area contributed by atoms with Gasteiger partial charge in [-0.1, -0.05) is 12.1 Å². The van der Waals surface area contributed by atoms with Crippen LogP contribution in [-0.4, -0.2) is 74.2 Å². The van der Waals surface area contributed by atoms with Crippen LogP contribution in [0.25, 0.3) is 33.7 Å². The van der Waals surface area contributed by atoms with Gasteiger partial charge in [0.25, 0.3) is 5.56 Å². The van der Waals surface area contributed by atoms with Crippen LogP contribution in [0.3, 0.4) is 0 Å². The van der Waals surface area contributed by atoms with Crippen molar-refractivity contribution < 1.29 is 19.4 Å². The molecule has 198 valence electrons. The monoisotopic (exact) mass is 518 g/mol. The summed E-state index contributed by atoms with van der Waals surface area (Å²) in [4.78, 5) is 33.2. The first-order valence-corrected chi connectivity index (χ1v) is 12.8. The van der Waals surface area contributed by atoms with E-state index in [4.69, 9.17) is 9.47 Å². The Morgan fingerprint density at radius 2 is 1.92 bits per heavy atom. The van der Waals surface area contributed by atoms with E-state index in [-0.39, 0.29) is 17.6 Å². The Morgan fingerprint density at radius 3 is 2.71 bits per heavy atom. The summed E-state index contributed by atoms with van der Waals surface area (Å²) in [5, 5.41) is 19.4. The zero-order valence-electron chi connectivity index (χ0n) is 21.2. The Balaban J connectivity index is 1.47. The van der Waals surface area contributed by atoms with Gasteiger partial charge in [0.05, 0.1) is 12.2 Å². The van der Waals surface area contributed by atoms with Crippen LogP contribution in [0.15, 0.2) is 41.2 Å². The molecule has 1 aliphatic heterocycles. The van der Waals surface area contributed by atoms with Gasteiger partial charge in [0, 0.05) is 13.0 Å². The second kappa shape index (κ2) is 11.4. The summed E-state index contributed by atoms with van der Waals surface area (Å²) in [7, 11) is 0. The molecular weight excluding hydrogens is 488 g/mol. The number of aromatic nitrogens is 5. The van der Waals surface area contributed by atoms with E-state index in [0.29, 0.717) is 42.5 Å². The first kappa shape index (κ1) is 25.4. The Kier molecular flexibility index (Phi) is 7.64. The highest BCUT2D eigenvalue weighted by Gasteiger charge is 2.16. The highest BCUT2D eigenvalue weighted by atomic mass is 16.5. The van der Waals surface area contributed by atoms with E-state index >= 15 is 0 Å². The maximum absolute atomic E-state index is 12.4. The van der Waals surface area contributed by atoms with Crippen molar-refractivity contribution in [3.63, 3.8) is 0 Å². The third-order valence-corrected chi connectivity index (χ3v) is 6.53. The maximum atomic E-state index is 12.4. The summed E-state index contributed by atoms with van der Waals surface area (Å²) in [5.74, 6) is 0.725. The summed E-state index contributed by atoms with van der Waals surface area (Å²) in [6, 6.07) is 11.5. The molecule has 1 aliphatic rings. The van der Waals surface area contributed by atoms with E-state index in [0.717, 1.165) is 36.3 Å². The highest BCUT2D eigenvalue weighted by molar-refractivity contribution is 5.77. The quantitative estimate of drug-likeness (QED) is 0.272. The van der Waals surface area contributed by atoms with Crippen LogP contribution in [0.5, 0.6) is 11.5 Å². The van der Waals surface area contributed by atoms with Crippen molar-refractivity contribution in [2.75, 3.05) is 32.8 Å². The van der Waals surface area contributed by atoms with E-state index in [1.165, 1.54) is 12.8 Å². The Hall–Kier alpha value is -4.25. The van der Waals surface area contributed by atoms with Gasteiger partial charge in [0.1, 0.15) is 23.9 Å². The SMILES string of the molecule is CCOc1cc(-c2cc(CCC(=O)O)cc(OCCN3CCCC3)c2)ccc1-c1nc2n[nH]nc2c(=O)[nH]1. The largest absolute Gasteiger partial charge is 0.493 e. The van der Waals surface area contributed by atoms with Gasteiger partial charge >= 0.3 is 5.97 Å². The zero-order chi connectivity index (χ0) is 26.5. The molecule has 4 aromatic rings. The summed E-state index contributed by atoms with van der Waals surface area (Å²) in [5.41, 5.74) is 3.20. The lowest BCUT2D eigenvalue weighted by Gasteiger charge is -2.17. The maximum Gasteiger partial charge on any atom is 0.303 e. The summed E-state index contributed by atoms with van der Waals surface area (Å²) in [6.07, 6.45) is 2.87. The predicted molar refractivity (Wildman–Crippen MR) is 141 cm³/mol. The molecule has 5 rings (SSSR count). The molecule has 1 saturated heterocycles. The third kappa shape index (κ3) is 5.83. The van der Waals surface area contributed by atoms with Crippen molar-refractivity contribution in [3.05, 3.63) is 52.3 Å². The van der Waals surface area contributed by atoms with E-state index in [2.05, 4.69) is 30.3 Å². The molecule has 0 bridgehead atoms. The van der Waals surface area contributed by atoms with Crippen molar-refractivity contribution in [1.82, 2.24) is 30.3 Å². The van der Waals surface area contributed by atoms with Gasteiger partial charge in [-0.3, -0.25) is 14.5 Å². The van der Waals surface area contributed by atoms with Gasteiger partial charge in [0.15, 0.2) is 5.52 Å². The first-order valence-electron chi connectivity index (χ1n) is 12.8. The molecule has 11 nitrogen and oxygen atoms in total. The molecule has 0 spiro atoms. The first-order chi connectivity index (χ1) is 18.5. The fraction of sp³-hybridized carbons (Fsp3) is 0.370. The summed E-state index contributed by atoms with van der Waals surface area (Å²) in [6.45, 7) is 5.92. The smallest absolute Gasteiger partial charge is 0.303 e. The van der Waals surface area contributed by atoms with E-state index in [1.807, 2.05) is 43.3 Å². The number of carbonyl (C=O) groups is 1. The van der Waals surface area contributed by atoms with Gasteiger partial charge in [-0.05, 0) is 80.2 Å². The van der Waals surface area contributed by atoms with Gasteiger partial charge in [-0.15, -0.1) is 10.2 Å². The second-order valence-electron chi connectivity index (χ2n) is 9.21. The number of H-pyrrole nitrogens is 2.